The monoisotopic (exact) mass is 285 g/mol. The zero-order valence-corrected chi connectivity index (χ0v) is 11.4. The summed E-state index contributed by atoms with van der Waals surface area (Å²) >= 11 is 0. The van der Waals surface area contributed by atoms with E-state index in [0.717, 1.165) is 11.3 Å². The second-order valence-electron chi connectivity index (χ2n) is 4.83. The number of nitrogens with zero attached hydrogens (tertiary/aromatic N) is 2. The number of carbonyl (C=O) groups is 1. The lowest BCUT2D eigenvalue weighted by Gasteiger charge is -2.26. The molecule has 108 valence electrons. The third kappa shape index (κ3) is 2.94. The number of aromatic nitrogens is 2. The molecule has 2 aromatic rings. The van der Waals surface area contributed by atoms with Gasteiger partial charge in [0.2, 0.25) is 5.91 Å². The van der Waals surface area contributed by atoms with Crippen LogP contribution in [0.2, 0.25) is 0 Å². The molecule has 21 heavy (non-hydrogen) atoms. The Bertz CT molecular complexity index is 711. The number of hydrogen-bond donors (Lipinski definition) is 1. The summed E-state index contributed by atoms with van der Waals surface area (Å²) in [6.07, 6.45) is 3.67. The van der Waals surface area contributed by atoms with Crippen molar-refractivity contribution < 1.29 is 9.53 Å². The summed E-state index contributed by atoms with van der Waals surface area (Å²) in [4.78, 5) is 27.2. The number of hydrogen-bond acceptors (Lipinski definition) is 4. The van der Waals surface area contributed by atoms with E-state index in [1.54, 1.807) is 12.3 Å². The first-order chi connectivity index (χ1) is 10.2. The fraction of sp³-hybridized carbons (Fsp3) is 0.267. The summed E-state index contributed by atoms with van der Waals surface area (Å²) in [5, 5.41) is 2.94. The fourth-order valence-corrected chi connectivity index (χ4v) is 2.39. The highest BCUT2D eigenvalue weighted by molar-refractivity contribution is 5.76. The van der Waals surface area contributed by atoms with Crippen LogP contribution in [-0.4, -0.2) is 22.1 Å². The van der Waals surface area contributed by atoms with Crippen LogP contribution < -0.4 is 15.7 Å². The van der Waals surface area contributed by atoms with E-state index >= 15 is 0 Å². The van der Waals surface area contributed by atoms with Gasteiger partial charge < -0.3 is 10.1 Å². The molecule has 1 unspecified atom stereocenters. The Morgan fingerprint density at radius 1 is 1.38 bits per heavy atom. The summed E-state index contributed by atoms with van der Waals surface area (Å²) in [6.45, 7) is 0.529. The largest absolute Gasteiger partial charge is 0.493 e. The van der Waals surface area contributed by atoms with E-state index in [4.69, 9.17) is 4.74 Å². The maximum absolute atomic E-state index is 12.1. The number of benzene rings is 1. The standard InChI is InChI=1S/C15H15N3O3/c19-14(10-18-8-3-7-16-15(18)20)17-12-6-9-21-13-5-2-1-4-11(12)13/h1-5,7-8,12H,6,9-10H2,(H,17,19). The SMILES string of the molecule is O=C(Cn1cccnc1=O)NC1CCOc2ccccc21. The van der Waals surface area contributed by atoms with Crippen molar-refractivity contribution in [2.24, 2.45) is 0 Å². The van der Waals surface area contributed by atoms with Crippen LogP contribution in [0.5, 0.6) is 5.75 Å². The smallest absolute Gasteiger partial charge is 0.347 e. The molecule has 0 spiro atoms. The molecule has 3 rings (SSSR count). The topological polar surface area (TPSA) is 73.2 Å². The average Bonchev–Trinajstić information content (AvgIpc) is 2.50. The summed E-state index contributed by atoms with van der Waals surface area (Å²) in [5.74, 6) is 0.583. The highest BCUT2D eigenvalue weighted by Gasteiger charge is 2.22. The van der Waals surface area contributed by atoms with Crippen molar-refractivity contribution >= 4 is 5.91 Å². The average molecular weight is 285 g/mol. The zero-order valence-electron chi connectivity index (χ0n) is 11.4. The van der Waals surface area contributed by atoms with Crippen molar-refractivity contribution in [2.75, 3.05) is 6.61 Å². The number of ether oxygens (including phenoxy) is 1. The molecule has 2 heterocycles. The Morgan fingerprint density at radius 2 is 2.24 bits per heavy atom. The first-order valence-corrected chi connectivity index (χ1v) is 6.76. The molecule has 0 saturated carbocycles. The molecule has 6 nitrogen and oxygen atoms in total. The molecule has 0 aliphatic carbocycles. The zero-order chi connectivity index (χ0) is 14.7. The summed E-state index contributed by atoms with van der Waals surface area (Å²) in [6, 6.07) is 9.18. The van der Waals surface area contributed by atoms with Crippen LogP contribution in [0.15, 0.2) is 47.5 Å². The van der Waals surface area contributed by atoms with Gasteiger partial charge in [-0.05, 0) is 12.1 Å². The van der Waals surface area contributed by atoms with Crippen molar-refractivity contribution in [3.05, 3.63) is 58.8 Å². The molecular formula is C15H15N3O3. The van der Waals surface area contributed by atoms with Gasteiger partial charge in [-0.15, -0.1) is 0 Å². The number of rotatable bonds is 3. The summed E-state index contributed by atoms with van der Waals surface area (Å²) in [5.41, 5.74) is 0.538. The molecule has 0 bridgehead atoms. The van der Waals surface area contributed by atoms with Gasteiger partial charge in [-0.3, -0.25) is 9.36 Å². The maximum Gasteiger partial charge on any atom is 0.347 e. The molecule has 0 fully saturated rings. The molecule has 0 radical (unpaired) electrons. The van der Waals surface area contributed by atoms with Gasteiger partial charge in [0.25, 0.3) is 0 Å². The predicted octanol–water partition coefficient (Wildman–Crippen LogP) is 0.883. The van der Waals surface area contributed by atoms with Crippen LogP contribution >= 0.6 is 0 Å². The third-order valence-electron chi connectivity index (χ3n) is 3.39. The number of carbonyl (C=O) groups excluding carboxylic acids is 1. The minimum absolute atomic E-state index is 0.0355. The van der Waals surface area contributed by atoms with Gasteiger partial charge in [-0.2, -0.15) is 0 Å². The molecule has 1 atom stereocenters. The highest BCUT2D eigenvalue weighted by Crippen LogP contribution is 2.31. The molecule has 0 saturated heterocycles. The van der Waals surface area contributed by atoms with Crippen LogP contribution in [0.4, 0.5) is 0 Å². The Balaban J connectivity index is 1.72. The van der Waals surface area contributed by atoms with Crippen molar-refractivity contribution in [3.8, 4) is 5.75 Å². The van der Waals surface area contributed by atoms with Gasteiger partial charge in [0, 0.05) is 24.4 Å². The summed E-state index contributed by atoms with van der Waals surface area (Å²) < 4.78 is 6.83. The lowest BCUT2D eigenvalue weighted by Crippen LogP contribution is -2.36. The molecule has 1 aliphatic heterocycles. The quantitative estimate of drug-likeness (QED) is 0.908. The van der Waals surface area contributed by atoms with Crippen LogP contribution in [-0.2, 0) is 11.3 Å². The first kappa shape index (κ1) is 13.4. The van der Waals surface area contributed by atoms with E-state index in [1.807, 2.05) is 24.3 Å². The molecule has 1 aliphatic rings. The van der Waals surface area contributed by atoms with E-state index in [-0.39, 0.29) is 18.5 Å². The highest BCUT2D eigenvalue weighted by atomic mass is 16.5. The third-order valence-corrected chi connectivity index (χ3v) is 3.39. The number of amides is 1. The molecule has 1 aromatic heterocycles. The van der Waals surface area contributed by atoms with E-state index in [0.29, 0.717) is 13.0 Å². The number of para-hydroxylation sites is 1. The molecule has 6 heteroatoms. The van der Waals surface area contributed by atoms with E-state index in [2.05, 4.69) is 10.3 Å². The van der Waals surface area contributed by atoms with E-state index in [9.17, 15) is 9.59 Å². The van der Waals surface area contributed by atoms with Crippen molar-refractivity contribution in [2.45, 2.75) is 19.0 Å². The summed E-state index contributed by atoms with van der Waals surface area (Å²) in [7, 11) is 0. The van der Waals surface area contributed by atoms with Crippen molar-refractivity contribution in [1.82, 2.24) is 14.9 Å². The second-order valence-corrected chi connectivity index (χ2v) is 4.83. The van der Waals surface area contributed by atoms with Crippen LogP contribution in [0, 0.1) is 0 Å². The first-order valence-electron chi connectivity index (χ1n) is 6.76. The van der Waals surface area contributed by atoms with E-state index in [1.165, 1.54) is 10.8 Å². The minimum Gasteiger partial charge on any atom is -0.493 e. The van der Waals surface area contributed by atoms with Crippen molar-refractivity contribution in [3.63, 3.8) is 0 Å². The Kier molecular flexibility index (Phi) is 3.68. The van der Waals surface area contributed by atoms with Gasteiger partial charge in [-0.1, -0.05) is 18.2 Å². The Hall–Kier alpha value is -2.63. The number of nitrogens with one attached hydrogen (secondary N) is 1. The van der Waals surface area contributed by atoms with Gasteiger partial charge in [0.15, 0.2) is 0 Å². The lowest BCUT2D eigenvalue weighted by atomic mass is 10.0. The Morgan fingerprint density at radius 3 is 3.10 bits per heavy atom. The molecule has 1 N–H and O–H groups in total. The van der Waals surface area contributed by atoms with Gasteiger partial charge >= 0.3 is 5.69 Å². The molecule has 1 aromatic carbocycles. The van der Waals surface area contributed by atoms with Crippen LogP contribution in [0.1, 0.15) is 18.0 Å². The fourth-order valence-electron chi connectivity index (χ4n) is 2.39. The van der Waals surface area contributed by atoms with Gasteiger partial charge in [0.05, 0.1) is 12.6 Å². The normalized spacial score (nSPS) is 16.7. The molecular weight excluding hydrogens is 270 g/mol. The maximum atomic E-state index is 12.1. The molecule has 1 amide bonds. The lowest BCUT2D eigenvalue weighted by molar-refractivity contribution is -0.122. The Labute approximate surface area is 121 Å². The minimum atomic E-state index is -0.431. The van der Waals surface area contributed by atoms with Crippen LogP contribution in [0.25, 0.3) is 0 Å². The van der Waals surface area contributed by atoms with Crippen molar-refractivity contribution in [1.29, 1.82) is 0 Å². The van der Waals surface area contributed by atoms with Crippen LogP contribution in [0.3, 0.4) is 0 Å². The number of fused-ring (bicyclic) bond motifs is 1. The van der Waals surface area contributed by atoms with Gasteiger partial charge in [0.1, 0.15) is 12.3 Å². The predicted molar refractivity (Wildman–Crippen MR) is 75.9 cm³/mol. The van der Waals surface area contributed by atoms with Gasteiger partial charge in [-0.25, -0.2) is 9.78 Å². The second kappa shape index (κ2) is 5.78. The van der Waals surface area contributed by atoms with E-state index < -0.39 is 5.69 Å².